The van der Waals surface area contributed by atoms with Crippen LogP contribution in [0.25, 0.3) is 0 Å². The molecular formula is C12H17ClF2N2O. The zero-order valence-corrected chi connectivity index (χ0v) is 11.5. The van der Waals surface area contributed by atoms with Gasteiger partial charge in [0.15, 0.2) is 5.82 Å². The van der Waals surface area contributed by atoms with Gasteiger partial charge in [0, 0.05) is 18.4 Å². The van der Waals surface area contributed by atoms with Crippen LogP contribution in [0, 0.1) is 0 Å². The summed E-state index contributed by atoms with van der Waals surface area (Å²) in [5.74, 6) is 0.244. The fourth-order valence-corrected chi connectivity index (χ4v) is 1.82. The molecule has 0 aliphatic heterocycles. The highest BCUT2D eigenvalue weighted by Crippen LogP contribution is 2.29. The van der Waals surface area contributed by atoms with Crippen LogP contribution in [0.3, 0.4) is 0 Å². The monoisotopic (exact) mass is 278 g/mol. The highest BCUT2D eigenvalue weighted by molar-refractivity contribution is 6.17. The molecule has 102 valence electrons. The third-order valence-corrected chi connectivity index (χ3v) is 3.15. The van der Waals surface area contributed by atoms with Gasteiger partial charge >= 0.3 is 0 Å². The number of rotatable bonds is 6. The number of ether oxygens (including phenoxy) is 1. The van der Waals surface area contributed by atoms with Crippen molar-refractivity contribution in [3.8, 4) is 0 Å². The fraction of sp³-hybridized carbons (Fsp3) is 0.667. The molecule has 3 nitrogen and oxygen atoms in total. The van der Waals surface area contributed by atoms with Crippen molar-refractivity contribution in [2.24, 2.45) is 0 Å². The van der Waals surface area contributed by atoms with Crippen LogP contribution >= 0.6 is 11.6 Å². The molecule has 6 heteroatoms. The van der Waals surface area contributed by atoms with Gasteiger partial charge in [-0.05, 0) is 20.3 Å². The molecule has 0 amide bonds. The van der Waals surface area contributed by atoms with Crippen LogP contribution < -0.4 is 0 Å². The Labute approximate surface area is 111 Å². The lowest BCUT2D eigenvalue weighted by Crippen LogP contribution is -2.28. The predicted molar refractivity (Wildman–Crippen MR) is 65.8 cm³/mol. The second-order valence-corrected chi connectivity index (χ2v) is 4.32. The molecule has 0 aromatic carbocycles. The third kappa shape index (κ3) is 3.14. The summed E-state index contributed by atoms with van der Waals surface area (Å²) >= 11 is 5.59. The SMILES string of the molecule is CCOC(C)(CC)c1ncc(CCl)c(C(F)F)n1. The number of alkyl halides is 3. The summed E-state index contributed by atoms with van der Waals surface area (Å²) in [6.07, 6.45) is -0.712. The van der Waals surface area contributed by atoms with Crippen LogP contribution in [0.1, 0.15) is 50.7 Å². The van der Waals surface area contributed by atoms with Crippen molar-refractivity contribution in [1.82, 2.24) is 9.97 Å². The zero-order valence-electron chi connectivity index (χ0n) is 10.7. The number of nitrogens with zero attached hydrogens (tertiary/aromatic N) is 2. The predicted octanol–water partition coefficient (Wildman–Crippen LogP) is 3.81. The lowest BCUT2D eigenvalue weighted by Gasteiger charge is -2.27. The van der Waals surface area contributed by atoms with Crippen LogP contribution in [0.4, 0.5) is 8.78 Å². The van der Waals surface area contributed by atoms with E-state index >= 15 is 0 Å². The lowest BCUT2D eigenvalue weighted by molar-refractivity contribution is -0.0396. The molecule has 0 bridgehead atoms. The fourth-order valence-electron chi connectivity index (χ4n) is 1.61. The maximum absolute atomic E-state index is 12.9. The standard InChI is InChI=1S/C12H17ClF2N2O/c1-4-12(3,18-5-2)11-16-7-8(6-13)9(17-11)10(14)15/h7,10H,4-6H2,1-3H3. The van der Waals surface area contributed by atoms with Crippen LogP contribution in [0.2, 0.25) is 0 Å². The summed E-state index contributed by atoms with van der Waals surface area (Å²) < 4.78 is 31.3. The summed E-state index contributed by atoms with van der Waals surface area (Å²) in [6.45, 7) is 6.00. The molecule has 1 unspecified atom stereocenters. The smallest absolute Gasteiger partial charge is 0.280 e. The minimum Gasteiger partial charge on any atom is -0.368 e. The first-order chi connectivity index (χ1) is 8.48. The summed E-state index contributed by atoms with van der Waals surface area (Å²) in [7, 11) is 0. The maximum Gasteiger partial charge on any atom is 0.280 e. The average Bonchev–Trinajstić information content (AvgIpc) is 2.38. The van der Waals surface area contributed by atoms with E-state index < -0.39 is 12.0 Å². The Kier molecular flexibility index (Phi) is 5.41. The van der Waals surface area contributed by atoms with Gasteiger partial charge in [-0.15, -0.1) is 11.6 Å². The molecule has 0 radical (unpaired) electrons. The van der Waals surface area contributed by atoms with Crippen LogP contribution in [-0.4, -0.2) is 16.6 Å². The molecule has 0 aliphatic carbocycles. The van der Waals surface area contributed by atoms with E-state index in [9.17, 15) is 8.78 Å². The van der Waals surface area contributed by atoms with Gasteiger partial charge in [0.05, 0.1) is 5.88 Å². The number of halogens is 3. The normalized spacial score (nSPS) is 14.8. The van der Waals surface area contributed by atoms with Gasteiger partial charge in [0.2, 0.25) is 0 Å². The minimum absolute atomic E-state index is 0.0303. The van der Waals surface area contributed by atoms with Crippen molar-refractivity contribution in [2.45, 2.75) is 45.1 Å². The van der Waals surface area contributed by atoms with Crippen molar-refractivity contribution in [1.29, 1.82) is 0 Å². The number of hydrogen-bond donors (Lipinski definition) is 0. The molecule has 0 saturated heterocycles. The second-order valence-electron chi connectivity index (χ2n) is 4.06. The topological polar surface area (TPSA) is 35.0 Å². The van der Waals surface area contributed by atoms with E-state index in [1.54, 1.807) is 6.92 Å². The highest BCUT2D eigenvalue weighted by Gasteiger charge is 2.30. The quantitative estimate of drug-likeness (QED) is 0.742. The van der Waals surface area contributed by atoms with E-state index in [0.29, 0.717) is 13.0 Å². The van der Waals surface area contributed by atoms with Gasteiger partial charge < -0.3 is 4.74 Å². The molecule has 1 heterocycles. The van der Waals surface area contributed by atoms with Gasteiger partial charge in [0.25, 0.3) is 6.43 Å². The van der Waals surface area contributed by atoms with E-state index in [1.165, 1.54) is 6.20 Å². The molecule has 1 aromatic heterocycles. The molecule has 0 N–H and O–H groups in total. The molecule has 0 aliphatic rings. The van der Waals surface area contributed by atoms with E-state index in [-0.39, 0.29) is 23.0 Å². The van der Waals surface area contributed by atoms with Crippen molar-refractivity contribution >= 4 is 11.6 Å². The molecule has 1 aromatic rings. The van der Waals surface area contributed by atoms with Crippen LogP contribution in [0.15, 0.2) is 6.20 Å². The molecule has 0 spiro atoms. The molecule has 1 atom stereocenters. The summed E-state index contributed by atoms with van der Waals surface area (Å²) in [5, 5.41) is 0. The van der Waals surface area contributed by atoms with E-state index in [4.69, 9.17) is 16.3 Å². The Morgan fingerprint density at radius 3 is 2.56 bits per heavy atom. The summed E-state index contributed by atoms with van der Waals surface area (Å²) in [6, 6.07) is 0. The van der Waals surface area contributed by atoms with Gasteiger partial charge in [-0.1, -0.05) is 6.92 Å². The minimum atomic E-state index is -2.66. The largest absolute Gasteiger partial charge is 0.368 e. The van der Waals surface area contributed by atoms with Gasteiger partial charge in [-0.3, -0.25) is 0 Å². The van der Waals surface area contributed by atoms with Crippen LogP contribution in [0.5, 0.6) is 0 Å². The van der Waals surface area contributed by atoms with E-state index in [2.05, 4.69) is 9.97 Å². The van der Waals surface area contributed by atoms with Crippen LogP contribution in [-0.2, 0) is 16.2 Å². The average molecular weight is 279 g/mol. The third-order valence-electron chi connectivity index (χ3n) is 2.86. The maximum atomic E-state index is 12.9. The Hall–Kier alpha value is -0.810. The Balaban J connectivity index is 3.21. The second kappa shape index (κ2) is 6.38. The Bertz CT molecular complexity index is 404. The molecule has 0 saturated carbocycles. The Morgan fingerprint density at radius 1 is 1.44 bits per heavy atom. The molecule has 18 heavy (non-hydrogen) atoms. The first-order valence-electron chi connectivity index (χ1n) is 5.82. The van der Waals surface area contributed by atoms with E-state index in [1.807, 2.05) is 13.8 Å². The number of hydrogen-bond acceptors (Lipinski definition) is 3. The van der Waals surface area contributed by atoms with Crippen molar-refractivity contribution in [3.05, 3.63) is 23.3 Å². The first-order valence-corrected chi connectivity index (χ1v) is 6.36. The van der Waals surface area contributed by atoms with Crippen molar-refractivity contribution in [3.63, 3.8) is 0 Å². The lowest BCUT2D eigenvalue weighted by atomic mass is 10.0. The van der Waals surface area contributed by atoms with E-state index in [0.717, 1.165) is 0 Å². The summed E-state index contributed by atoms with van der Waals surface area (Å²) in [4.78, 5) is 8.03. The highest BCUT2D eigenvalue weighted by atomic mass is 35.5. The molecule has 1 rings (SSSR count). The van der Waals surface area contributed by atoms with Gasteiger partial charge in [-0.25, -0.2) is 18.7 Å². The number of aromatic nitrogens is 2. The zero-order chi connectivity index (χ0) is 13.8. The van der Waals surface area contributed by atoms with Crippen molar-refractivity contribution in [2.75, 3.05) is 6.61 Å². The first kappa shape index (κ1) is 15.2. The molecule has 0 fully saturated rings. The van der Waals surface area contributed by atoms with Gasteiger partial charge in [-0.2, -0.15) is 0 Å². The van der Waals surface area contributed by atoms with Gasteiger partial charge in [0.1, 0.15) is 11.3 Å². The summed E-state index contributed by atoms with van der Waals surface area (Å²) in [5.41, 5.74) is -0.803. The molecular weight excluding hydrogens is 262 g/mol. The van der Waals surface area contributed by atoms with Crippen molar-refractivity contribution < 1.29 is 13.5 Å². The Morgan fingerprint density at radius 2 is 2.11 bits per heavy atom.